The monoisotopic (exact) mass is 293 g/mol. The molecule has 0 aliphatic carbocycles. The Hall–Kier alpha value is -2.23. The molecule has 0 fully saturated rings. The lowest BCUT2D eigenvalue weighted by atomic mass is 10.1. The summed E-state index contributed by atoms with van der Waals surface area (Å²) in [7, 11) is 0. The van der Waals surface area contributed by atoms with Crippen molar-refractivity contribution in [1.82, 2.24) is 19.5 Å². The van der Waals surface area contributed by atoms with Gasteiger partial charge in [0.15, 0.2) is 5.82 Å². The first-order chi connectivity index (χ1) is 10.9. The maximum atomic E-state index is 4.66. The molecule has 2 heterocycles. The molecule has 4 heteroatoms. The molecule has 2 aliphatic heterocycles. The lowest BCUT2D eigenvalue weighted by molar-refractivity contribution is 0.576. The Kier molecular flexibility index (Phi) is 4.78. The molecule has 1 aromatic carbocycles. The lowest BCUT2D eigenvalue weighted by Gasteiger charge is -2.13. The summed E-state index contributed by atoms with van der Waals surface area (Å²) in [6.45, 7) is 3.12. The number of unbranched alkanes of at least 4 members (excludes halogenated alkanes) is 1. The molecule has 1 aromatic rings. The van der Waals surface area contributed by atoms with Crippen LogP contribution in [0, 0.1) is 6.20 Å². The van der Waals surface area contributed by atoms with Crippen LogP contribution >= 0.6 is 0 Å². The third-order valence-corrected chi connectivity index (χ3v) is 3.81. The molecular formula is C18H21N4. The maximum absolute atomic E-state index is 4.66. The third-order valence-electron chi connectivity index (χ3n) is 3.81. The minimum atomic E-state index is 0.713. The summed E-state index contributed by atoms with van der Waals surface area (Å²) in [4.78, 5) is 13.1. The van der Waals surface area contributed by atoms with Gasteiger partial charge < -0.3 is 4.57 Å². The largest absolute Gasteiger partial charge is 0.326 e. The molecule has 0 saturated heterocycles. The first-order valence-corrected chi connectivity index (χ1v) is 8.00. The second kappa shape index (κ2) is 7.16. The molecule has 0 unspecified atom stereocenters. The van der Waals surface area contributed by atoms with E-state index >= 15 is 0 Å². The van der Waals surface area contributed by atoms with Gasteiger partial charge in [0.05, 0.1) is 6.20 Å². The quantitative estimate of drug-likeness (QED) is 0.669. The van der Waals surface area contributed by atoms with Crippen molar-refractivity contribution >= 4 is 0 Å². The second-order valence-electron chi connectivity index (χ2n) is 5.53. The Bertz CT molecular complexity index is 675. The average Bonchev–Trinajstić information content (AvgIpc) is 3.01. The van der Waals surface area contributed by atoms with Gasteiger partial charge in [-0.15, -0.1) is 0 Å². The molecular weight excluding hydrogens is 272 g/mol. The van der Waals surface area contributed by atoms with Crippen molar-refractivity contribution in [3.63, 3.8) is 0 Å². The van der Waals surface area contributed by atoms with Gasteiger partial charge in [-0.25, -0.2) is 15.0 Å². The van der Waals surface area contributed by atoms with Crippen LogP contribution in [0.3, 0.4) is 0 Å². The van der Waals surface area contributed by atoms with Gasteiger partial charge >= 0.3 is 0 Å². The van der Waals surface area contributed by atoms with Gasteiger partial charge in [-0.05, 0) is 24.8 Å². The topological polar surface area (TPSA) is 43.6 Å². The molecule has 0 atom stereocenters. The molecule has 0 bridgehead atoms. The van der Waals surface area contributed by atoms with Crippen LogP contribution in [0.25, 0.3) is 11.5 Å². The number of aromatic nitrogens is 4. The smallest absolute Gasteiger partial charge is 0.183 e. The molecule has 0 amide bonds. The standard InChI is InChI=1S/C18H21N4/c1-2-3-11-17-21-18-16(19-14-20-18)13-22(17)12-7-10-15-8-5-4-6-9-15/h4-6,8-9,14H,2-3,7,10-12H2,1H3. The van der Waals surface area contributed by atoms with Crippen LogP contribution in [0.15, 0.2) is 36.7 Å². The average molecular weight is 293 g/mol. The SMILES string of the molecule is CCCCc1nc2ncnc-2[c]n1CCCc1ccccc1. The van der Waals surface area contributed by atoms with E-state index in [0.717, 1.165) is 50.2 Å². The highest BCUT2D eigenvalue weighted by atomic mass is 15.1. The molecule has 0 saturated carbocycles. The van der Waals surface area contributed by atoms with E-state index in [1.54, 1.807) is 6.33 Å². The van der Waals surface area contributed by atoms with Crippen LogP contribution in [-0.4, -0.2) is 19.5 Å². The van der Waals surface area contributed by atoms with Crippen molar-refractivity contribution in [2.24, 2.45) is 0 Å². The van der Waals surface area contributed by atoms with E-state index in [1.165, 1.54) is 5.56 Å². The first kappa shape index (κ1) is 14.7. The Morgan fingerprint density at radius 1 is 1.05 bits per heavy atom. The summed E-state index contributed by atoms with van der Waals surface area (Å²) in [6, 6.07) is 10.6. The van der Waals surface area contributed by atoms with Crippen LogP contribution in [0.4, 0.5) is 0 Å². The molecule has 3 rings (SSSR count). The van der Waals surface area contributed by atoms with Crippen molar-refractivity contribution in [1.29, 1.82) is 0 Å². The Morgan fingerprint density at radius 2 is 1.91 bits per heavy atom. The number of fused-ring (bicyclic) bond motifs is 1. The van der Waals surface area contributed by atoms with E-state index in [2.05, 4.69) is 63.0 Å². The summed E-state index contributed by atoms with van der Waals surface area (Å²) in [6.07, 6.45) is 10.3. The van der Waals surface area contributed by atoms with Crippen molar-refractivity contribution in [2.75, 3.05) is 0 Å². The molecule has 0 aromatic heterocycles. The number of nitrogens with zero attached hydrogens (tertiary/aromatic N) is 4. The van der Waals surface area contributed by atoms with E-state index < -0.39 is 0 Å². The Labute approximate surface area is 131 Å². The van der Waals surface area contributed by atoms with Gasteiger partial charge in [0.2, 0.25) is 0 Å². The summed E-state index contributed by atoms with van der Waals surface area (Å²) >= 11 is 0. The number of hydrogen-bond donors (Lipinski definition) is 0. The fraction of sp³-hybridized carbons (Fsp3) is 0.389. The van der Waals surface area contributed by atoms with Gasteiger partial charge in [-0.2, -0.15) is 0 Å². The number of hydrogen-bond acceptors (Lipinski definition) is 3. The van der Waals surface area contributed by atoms with Gasteiger partial charge in [0.25, 0.3) is 0 Å². The first-order valence-electron chi connectivity index (χ1n) is 8.00. The molecule has 0 N–H and O–H groups in total. The van der Waals surface area contributed by atoms with Gasteiger partial charge in [0, 0.05) is 13.0 Å². The van der Waals surface area contributed by atoms with Crippen LogP contribution in [0.2, 0.25) is 0 Å². The minimum Gasteiger partial charge on any atom is -0.326 e. The molecule has 0 spiro atoms. The summed E-state index contributed by atoms with van der Waals surface area (Å²) in [5.74, 6) is 1.79. The van der Waals surface area contributed by atoms with Crippen LogP contribution in [-0.2, 0) is 19.4 Å². The van der Waals surface area contributed by atoms with Crippen LogP contribution in [0.5, 0.6) is 0 Å². The lowest BCUT2D eigenvalue weighted by Crippen LogP contribution is -2.12. The molecule has 113 valence electrons. The molecule has 2 aliphatic rings. The summed E-state index contributed by atoms with van der Waals surface area (Å²) in [5.41, 5.74) is 2.14. The zero-order valence-electron chi connectivity index (χ0n) is 13.0. The van der Waals surface area contributed by atoms with Crippen LogP contribution < -0.4 is 0 Å². The Balaban J connectivity index is 1.72. The second-order valence-corrected chi connectivity index (χ2v) is 5.53. The number of imidazole rings is 1. The maximum Gasteiger partial charge on any atom is 0.183 e. The van der Waals surface area contributed by atoms with Crippen molar-refractivity contribution in [2.45, 2.75) is 45.6 Å². The summed E-state index contributed by atoms with van der Waals surface area (Å²) < 4.78 is 2.13. The predicted octanol–water partition coefficient (Wildman–Crippen LogP) is 3.55. The molecule has 4 nitrogen and oxygen atoms in total. The third kappa shape index (κ3) is 3.50. The number of rotatable bonds is 7. The van der Waals surface area contributed by atoms with E-state index in [4.69, 9.17) is 0 Å². The van der Waals surface area contributed by atoms with E-state index in [0.29, 0.717) is 5.82 Å². The number of aryl methyl sites for hydroxylation is 3. The fourth-order valence-corrected chi connectivity index (χ4v) is 2.59. The minimum absolute atomic E-state index is 0.713. The molecule has 1 radical (unpaired) electrons. The highest BCUT2D eigenvalue weighted by Crippen LogP contribution is 2.16. The highest BCUT2D eigenvalue weighted by molar-refractivity contribution is 5.47. The van der Waals surface area contributed by atoms with Gasteiger partial charge in [-0.1, -0.05) is 43.7 Å². The van der Waals surface area contributed by atoms with E-state index in [-0.39, 0.29) is 0 Å². The zero-order chi connectivity index (χ0) is 15.2. The predicted molar refractivity (Wildman–Crippen MR) is 86.7 cm³/mol. The van der Waals surface area contributed by atoms with Gasteiger partial charge in [-0.3, -0.25) is 0 Å². The number of benzene rings is 1. The van der Waals surface area contributed by atoms with Crippen LogP contribution in [0.1, 0.15) is 37.6 Å². The van der Waals surface area contributed by atoms with Crippen molar-refractivity contribution in [3.8, 4) is 11.5 Å². The van der Waals surface area contributed by atoms with E-state index in [9.17, 15) is 0 Å². The summed E-state index contributed by atoms with van der Waals surface area (Å²) in [5, 5.41) is 0. The molecule has 22 heavy (non-hydrogen) atoms. The van der Waals surface area contributed by atoms with Crippen molar-refractivity contribution in [3.05, 3.63) is 54.2 Å². The van der Waals surface area contributed by atoms with E-state index in [1.807, 2.05) is 0 Å². The fourth-order valence-electron chi connectivity index (χ4n) is 2.59. The zero-order valence-corrected chi connectivity index (χ0v) is 13.0. The van der Waals surface area contributed by atoms with Crippen molar-refractivity contribution < 1.29 is 0 Å². The Morgan fingerprint density at radius 3 is 2.73 bits per heavy atom. The highest BCUT2D eigenvalue weighted by Gasteiger charge is 2.13. The van der Waals surface area contributed by atoms with Gasteiger partial charge in [0.1, 0.15) is 17.8 Å². The normalized spacial score (nSPS) is 11.1.